The molecule has 1 saturated heterocycles. The molecular weight excluding hydrogens is 436 g/mol. The van der Waals surface area contributed by atoms with Crippen LogP contribution in [0.5, 0.6) is 11.5 Å². The Morgan fingerprint density at radius 1 is 1.03 bits per heavy atom. The second kappa shape index (κ2) is 9.94. The van der Waals surface area contributed by atoms with Crippen molar-refractivity contribution in [3.63, 3.8) is 0 Å². The van der Waals surface area contributed by atoms with Gasteiger partial charge in [-0.1, -0.05) is 25.1 Å². The zero-order chi connectivity index (χ0) is 24.2. The van der Waals surface area contributed by atoms with E-state index in [0.29, 0.717) is 47.0 Å². The number of nitrogens with zero attached hydrogens (tertiary/aromatic N) is 3. The average molecular weight is 465 g/mol. The minimum Gasteiger partial charge on any atom is -0.493 e. The second-order valence-corrected chi connectivity index (χ2v) is 8.40. The summed E-state index contributed by atoms with van der Waals surface area (Å²) in [6.07, 6.45) is 1.92. The molecule has 0 aliphatic carbocycles. The number of likely N-dealkylation sites (tertiary alicyclic amines) is 1. The van der Waals surface area contributed by atoms with Crippen molar-refractivity contribution >= 4 is 22.6 Å². The Bertz CT molecular complexity index is 1280. The van der Waals surface area contributed by atoms with Gasteiger partial charge in [-0.3, -0.25) is 14.4 Å². The van der Waals surface area contributed by atoms with Crippen molar-refractivity contribution < 1.29 is 19.1 Å². The maximum atomic E-state index is 13.2. The Morgan fingerprint density at radius 2 is 1.71 bits per heavy atom. The highest BCUT2D eigenvalue weighted by molar-refractivity contribution is 6.05. The van der Waals surface area contributed by atoms with Crippen LogP contribution in [0.15, 0.2) is 47.3 Å². The third kappa shape index (κ3) is 4.59. The van der Waals surface area contributed by atoms with Crippen molar-refractivity contribution in [2.24, 2.45) is 5.92 Å². The van der Waals surface area contributed by atoms with Crippen LogP contribution in [0.25, 0.3) is 16.5 Å². The van der Waals surface area contributed by atoms with Crippen molar-refractivity contribution in [1.82, 2.24) is 20.0 Å². The van der Waals surface area contributed by atoms with Gasteiger partial charge in [0.1, 0.15) is 0 Å². The fourth-order valence-corrected chi connectivity index (χ4v) is 4.10. The lowest BCUT2D eigenvalue weighted by Crippen LogP contribution is -2.44. The van der Waals surface area contributed by atoms with E-state index in [1.54, 1.807) is 47.4 Å². The van der Waals surface area contributed by atoms with E-state index in [-0.39, 0.29) is 23.7 Å². The Balaban J connectivity index is 1.66. The zero-order valence-electron chi connectivity index (χ0n) is 19.5. The molecule has 1 aromatic heterocycles. The van der Waals surface area contributed by atoms with Crippen LogP contribution in [-0.2, 0) is 4.79 Å². The standard InChI is InChI=1S/C25H28N4O5/c1-16-10-12-28(13-11-16)22(30)15-26-24(31)23-18-6-4-5-7-19(18)25(32)29(27-23)17-8-9-20(33-2)21(14-17)34-3/h4-9,14,16H,10-13,15H2,1-3H3,(H,26,31). The molecule has 3 aromatic rings. The first-order valence-electron chi connectivity index (χ1n) is 11.2. The highest BCUT2D eigenvalue weighted by atomic mass is 16.5. The number of carbonyl (C=O) groups is 2. The van der Waals surface area contributed by atoms with Gasteiger partial charge in [0.25, 0.3) is 11.5 Å². The van der Waals surface area contributed by atoms with Gasteiger partial charge in [-0.15, -0.1) is 0 Å². The first kappa shape index (κ1) is 23.3. The number of hydrogen-bond acceptors (Lipinski definition) is 6. The summed E-state index contributed by atoms with van der Waals surface area (Å²) in [6, 6.07) is 11.7. The van der Waals surface area contributed by atoms with Gasteiger partial charge in [0, 0.05) is 24.5 Å². The summed E-state index contributed by atoms with van der Waals surface area (Å²) in [5, 5.41) is 7.82. The predicted octanol–water partition coefficient (Wildman–Crippen LogP) is 2.39. The van der Waals surface area contributed by atoms with Crippen molar-refractivity contribution in [2.45, 2.75) is 19.8 Å². The number of rotatable bonds is 6. The summed E-state index contributed by atoms with van der Waals surface area (Å²) >= 11 is 0. The summed E-state index contributed by atoms with van der Waals surface area (Å²) in [5.41, 5.74) is 0.101. The van der Waals surface area contributed by atoms with Gasteiger partial charge in [0.05, 0.1) is 31.8 Å². The first-order chi connectivity index (χ1) is 16.4. The summed E-state index contributed by atoms with van der Waals surface area (Å²) in [7, 11) is 3.02. The molecule has 1 fully saturated rings. The smallest absolute Gasteiger partial charge is 0.279 e. The van der Waals surface area contributed by atoms with Gasteiger partial charge in [0.2, 0.25) is 5.91 Å². The molecule has 2 amide bonds. The van der Waals surface area contributed by atoms with Gasteiger partial charge in [-0.05, 0) is 37.0 Å². The van der Waals surface area contributed by atoms with Gasteiger partial charge < -0.3 is 19.7 Å². The molecule has 0 radical (unpaired) electrons. The fourth-order valence-electron chi connectivity index (χ4n) is 4.10. The van der Waals surface area contributed by atoms with Crippen LogP contribution in [0, 0.1) is 5.92 Å². The number of hydrogen-bond donors (Lipinski definition) is 1. The van der Waals surface area contributed by atoms with Crippen LogP contribution in [0.1, 0.15) is 30.3 Å². The van der Waals surface area contributed by atoms with E-state index in [1.165, 1.54) is 14.2 Å². The van der Waals surface area contributed by atoms with Gasteiger partial charge >= 0.3 is 0 Å². The van der Waals surface area contributed by atoms with Crippen molar-refractivity contribution in [3.8, 4) is 17.2 Å². The topological polar surface area (TPSA) is 103 Å². The Labute approximate surface area is 197 Å². The molecule has 9 nitrogen and oxygen atoms in total. The number of aromatic nitrogens is 2. The number of benzene rings is 2. The lowest BCUT2D eigenvalue weighted by molar-refractivity contribution is -0.131. The van der Waals surface area contributed by atoms with E-state index < -0.39 is 5.91 Å². The number of fused-ring (bicyclic) bond motifs is 1. The summed E-state index contributed by atoms with van der Waals surface area (Å²) in [6.45, 7) is 3.44. The number of ether oxygens (including phenoxy) is 2. The highest BCUT2D eigenvalue weighted by Crippen LogP contribution is 2.28. The monoisotopic (exact) mass is 464 g/mol. The minimum absolute atomic E-state index is 0.0602. The molecular formula is C25H28N4O5. The van der Waals surface area contributed by atoms with E-state index in [2.05, 4.69) is 17.3 Å². The molecule has 4 rings (SSSR count). The minimum atomic E-state index is -0.524. The van der Waals surface area contributed by atoms with Gasteiger partial charge in [0.15, 0.2) is 17.2 Å². The van der Waals surface area contributed by atoms with Crippen LogP contribution >= 0.6 is 0 Å². The van der Waals surface area contributed by atoms with Crippen molar-refractivity contribution in [3.05, 3.63) is 58.5 Å². The molecule has 0 saturated carbocycles. The van der Waals surface area contributed by atoms with Crippen molar-refractivity contribution in [1.29, 1.82) is 0 Å². The molecule has 2 heterocycles. The van der Waals surface area contributed by atoms with Crippen LogP contribution in [-0.4, -0.2) is 60.3 Å². The van der Waals surface area contributed by atoms with Crippen LogP contribution in [0.4, 0.5) is 0 Å². The SMILES string of the molecule is COc1ccc(-n2nc(C(=O)NCC(=O)N3CCC(C)CC3)c3ccccc3c2=O)cc1OC. The molecule has 1 aliphatic heterocycles. The quantitative estimate of drug-likeness (QED) is 0.601. The lowest BCUT2D eigenvalue weighted by atomic mass is 9.99. The Hall–Kier alpha value is -3.88. The van der Waals surface area contributed by atoms with Gasteiger partial charge in [-0.25, -0.2) is 0 Å². The van der Waals surface area contributed by atoms with Crippen LogP contribution in [0.3, 0.4) is 0 Å². The molecule has 9 heteroatoms. The number of amides is 2. The number of methoxy groups -OCH3 is 2. The number of nitrogens with one attached hydrogen (secondary N) is 1. The highest BCUT2D eigenvalue weighted by Gasteiger charge is 2.22. The maximum absolute atomic E-state index is 13.2. The first-order valence-corrected chi connectivity index (χ1v) is 11.2. The average Bonchev–Trinajstić information content (AvgIpc) is 2.87. The molecule has 1 N–H and O–H groups in total. The maximum Gasteiger partial charge on any atom is 0.279 e. The molecule has 1 aliphatic rings. The molecule has 0 spiro atoms. The molecule has 2 aromatic carbocycles. The molecule has 0 unspecified atom stereocenters. The molecule has 34 heavy (non-hydrogen) atoms. The Morgan fingerprint density at radius 3 is 2.38 bits per heavy atom. The van der Waals surface area contributed by atoms with Gasteiger partial charge in [-0.2, -0.15) is 9.78 Å². The van der Waals surface area contributed by atoms with Crippen LogP contribution in [0.2, 0.25) is 0 Å². The Kier molecular flexibility index (Phi) is 6.81. The third-order valence-corrected chi connectivity index (χ3v) is 6.17. The lowest BCUT2D eigenvalue weighted by Gasteiger charge is -2.30. The molecule has 178 valence electrons. The molecule has 0 atom stereocenters. The third-order valence-electron chi connectivity index (χ3n) is 6.17. The normalized spacial score (nSPS) is 14.1. The molecule has 0 bridgehead atoms. The van der Waals surface area contributed by atoms with E-state index in [1.807, 2.05) is 0 Å². The summed E-state index contributed by atoms with van der Waals surface area (Å²) < 4.78 is 11.8. The number of piperidine rings is 1. The zero-order valence-corrected chi connectivity index (χ0v) is 19.5. The second-order valence-electron chi connectivity index (χ2n) is 8.40. The van der Waals surface area contributed by atoms with E-state index in [9.17, 15) is 14.4 Å². The summed E-state index contributed by atoms with van der Waals surface area (Å²) in [4.78, 5) is 40.7. The van der Waals surface area contributed by atoms with E-state index in [4.69, 9.17) is 9.47 Å². The predicted molar refractivity (Wildman–Crippen MR) is 128 cm³/mol. The van der Waals surface area contributed by atoms with Crippen molar-refractivity contribution in [2.75, 3.05) is 33.9 Å². The van der Waals surface area contributed by atoms with Crippen LogP contribution < -0.4 is 20.3 Å². The van der Waals surface area contributed by atoms with E-state index in [0.717, 1.165) is 17.5 Å². The fraction of sp³-hybridized carbons (Fsp3) is 0.360. The largest absolute Gasteiger partial charge is 0.493 e. The number of carbonyl (C=O) groups excluding carboxylic acids is 2. The summed E-state index contributed by atoms with van der Waals surface area (Å²) in [5.74, 6) is 0.881. The van der Waals surface area contributed by atoms with E-state index >= 15 is 0 Å².